The molecule has 0 radical (unpaired) electrons. The second kappa shape index (κ2) is 6.24. The number of rotatable bonds is 3. The first-order valence-electron chi connectivity index (χ1n) is 7.39. The standard InChI is InChI=1S/C17H17NO5/c1-22-16(20)15-13-8-7-12(9-14(15)19)18(13)17(21)23-10-11-5-3-2-4-6-11/h2-8,12-13,15H,9-10H2,1H3/t12-,13+,15?/m0/s1. The fourth-order valence-electron chi connectivity index (χ4n) is 3.06. The number of ether oxygens (including phenoxy) is 2. The quantitative estimate of drug-likeness (QED) is 0.482. The van der Waals surface area contributed by atoms with Crippen LogP contribution in [0.3, 0.4) is 0 Å². The SMILES string of the molecule is COC(=O)C1C(=O)C[C@@H]2C=C[C@H]1N2C(=O)OCc1ccccc1. The maximum atomic E-state index is 12.4. The van der Waals surface area contributed by atoms with Crippen LogP contribution in [0.5, 0.6) is 0 Å². The summed E-state index contributed by atoms with van der Waals surface area (Å²) >= 11 is 0. The number of ketones is 1. The third kappa shape index (κ3) is 2.84. The van der Waals surface area contributed by atoms with Crippen molar-refractivity contribution in [3.63, 3.8) is 0 Å². The minimum Gasteiger partial charge on any atom is -0.468 e. The fourth-order valence-corrected chi connectivity index (χ4v) is 3.06. The molecule has 1 aromatic carbocycles. The molecule has 6 nitrogen and oxygen atoms in total. The number of fused-ring (bicyclic) bond motifs is 2. The van der Waals surface area contributed by atoms with Crippen LogP contribution in [-0.2, 0) is 25.7 Å². The minimum atomic E-state index is -0.973. The third-order valence-electron chi connectivity index (χ3n) is 4.18. The number of hydrogen-bond donors (Lipinski definition) is 0. The molecule has 1 amide bonds. The van der Waals surface area contributed by atoms with E-state index in [1.807, 2.05) is 30.3 Å². The number of esters is 1. The summed E-state index contributed by atoms with van der Waals surface area (Å²) in [6, 6.07) is 8.34. The minimum absolute atomic E-state index is 0.104. The molecule has 0 N–H and O–H groups in total. The molecule has 0 aromatic heterocycles. The van der Waals surface area contributed by atoms with Gasteiger partial charge < -0.3 is 9.47 Å². The summed E-state index contributed by atoms with van der Waals surface area (Å²) in [4.78, 5) is 37.8. The Morgan fingerprint density at radius 1 is 1.22 bits per heavy atom. The molecule has 3 atom stereocenters. The Labute approximate surface area is 133 Å². The normalized spacial score (nSPS) is 25.3. The van der Waals surface area contributed by atoms with Gasteiger partial charge in [0, 0.05) is 6.42 Å². The van der Waals surface area contributed by atoms with Gasteiger partial charge in [-0.3, -0.25) is 14.5 Å². The average Bonchev–Trinajstić information content (AvgIpc) is 2.88. The zero-order valence-corrected chi connectivity index (χ0v) is 12.7. The zero-order valence-electron chi connectivity index (χ0n) is 12.7. The summed E-state index contributed by atoms with van der Waals surface area (Å²) < 4.78 is 10.0. The molecule has 120 valence electrons. The van der Waals surface area contributed by atoms with Crippen LogP contribution >= 0.6 is 0 Å². The van der Waals surface area contributed by atoms with E-state index in [9.17, 15) is 14.4 Å². The molecule has 0 aliphatic carbocycles. The van der Waals surface area contributed by atoms with Crippen LogP contribution in [0, 0.1) is 5.92 Å². The van der Waals surface area contributed by atoms with Gasteiger partial charge >= 0.3 is 12.1 Å². The van der Waals surface area contributed by atoms with E-state index in [4.69, 9.17) is 9.47 Å². The number of amides is 1. The van der Waals surface area contributed by atoms with E-state index in [1.54, 1.807) is 12.2 Å². The molecule has 3 rings (SSSR count). The molecule has 1 unspecified atom stereocenters. The van der Waals surface area contributed by atoms with E-state index in [0.29, 0.717) is 0 Å². The van der Waals surface area contributed by atoms with Gasteiger partial charge in [0.15, 0.2) is 5.78 Å². The number of carbonyl (C=O) groups is 3. The summed E-state index contributed by atoms with van der Waals surface area (Å²) in [6.07, 6.45) is 3.05. The lowest BCUT2D eigenvalue weighted by Gasteiger charge is -2.37. The van der Waals surface area contributed by atoms with Crippen LogP contribution in [0.2, 0.25) is 0 Å². The first-order valence-corrected chi connectivity index (χ1v) is 7.39. The van der Waals surface area contributed by atoms with Crippen LogP contribution in [0.1, 0.15) is 12.0 Å². The molecular weight excluding hydrogens is 298 g/mol. The van der Waals surface area contributed by atoms with Crippen molar-refractivity contribution in [2.75, 3.05) is 7.11 Å². The number of benzene rings is 1. The molecule has 0 saturated carbocycles. The van der Waals surface area contributed by atoms with Crippen molar-refractivity contribution in [3.05, 3.63) is 48.0 Å². The smallest absolute Gasteiger partial charge is 0.411 e. The van der Waals surface area contributed by atoms with Crippen LogP contribution in [-0.4, -0.2) is 41.9 Å². The Balaban J connectivity index is 1.71. The Morgan fingerprint density at radius 2 is 1.96 bits per heavy atom. The number of hydrogen-bond acceptors (Lipinski definition) is 5. The van der Waals surface area contributed by atoms with E-state index in [1.165, 1.54) is 12.0 Å². The van der Waals surface area contributed by atoms with Crippen molar-refractivity contribution in [1.29, 1.82) is 0 Å². The lowest BCUT2D eigenvalue weighted by molar-refractivity contribution is -0.153. The summed E-state index contributed by atoms with van der Waals surface area (Å²) in [5.74, 6) is -1.80. The van der Waals surface area contributed by atoms with Gasteiger partial charge in [-0.1, -0.05) is 42.5 Å². The Kier molecular flexibility index (Phi) is 4.14. The highest BCUT2D eigenvalue weighted by Gasteiger charge is 2.50. The van der Waals surface area contributed by atoms with Gasteiger partial charge in [-0.05, 0) is 5.56 Å². The van der Waals surface area contributed by atoms with E-state index >= 15 is 0 Å². The second-order valence-electron chi connectivity index (χ2n) is 5.56. The molecule has 2 aliphatic rings. The summed E-state index contributed by atoms with van der Waals surface area (Å²) in [5.41, 5.74) is 0.874. The van der Waals surface area contributed by atoms with Gasteiger partial charge in [-0.2, -0.15) is 0 Å². The number of nitrogens with zero attached hydrogens (tertiary/aromatic N) is 1. The maximum absolute atomic E-state index is 12.4. The van der Waals surface area contributed by atoms with Crippen LogP contribution in [0.25, 0.3) is 0 Å². The van der Waals surface area contributed by atoms with Crippen LogP contribution in [0.15, 0.2) is 42.5 Å². The first kappa shape index (κ1) is 15.3. The van der Waals surface area contributed by atoms with Crippen molar-refractivity contribution < 1.29 is 23.9 Å². The Hall–Kier alpha value is -2.63. The van der Waals surface area contributed by atoms with Crippen LogP contribution < -0.4 is 0 Å². The molecule has 2 aliphatic heterocycles. The molecular formula is C17H17NO5. The Bertz CT molecular complexity index is 654. The Morgan fingerprint density at radius 3 is 2.65 bits per heavy atom. The number of piperidine rings is 1. The fraction of sp³-hybridized carbons (Fsp3) is 0.353. The van der Waals surface area contributed by atoms with Gasteiger partial charge in [-0.25, -0.2) is 4.79 Å². The van der Waals surface area contributed by atoms with Crippen molar-refractivity contribution in [2.45, 2.75) is 25.1 Å². The molecule has 1 saturated heterocycles. The lowest BCUT2D eigenvalue weighted by Crippen LogP contribution is -2.55. The number of methoxy groups -OCH3 is 1. The molecule has 23 heavy (non-hydrogen) atoms. The predicted octanol–water partition coefficient (Wildman–Crippen LogP) is 1.69. The maximum Gasteiger partial charge on any atom is 0.411 e. The van der Waals surface area contributed by atoms with Crippen molar-refractivity contribution in [2.24, 2.45) is 5.92 Å². The molecule has 1 aromatic rings. The van der Waals surface area contributed by atoms with E-state index in [0.717, 1.165) is 5.56 Å². The van der Waals surface area contributed by atoms with E-state index in [-0.39, 0.29) is 24.9 Å². The third-order valence-corrected chi connectivity index (χ3v) is 4.18. The predicted molar refractivity (Wildman–Crippen MR) is 80.3 cm³/mol. The average molecular weight is 315 g/mol. The summed E-state index contributed by atoms with van der Waals surface area (Å²) in [5, 5.41) is 0. The van der Waals surface area contributed by atoms with E-state index in [2.05, 4.69) is 0 Å². The number of carbonyl (C=O) groups excluding carboxylic acids is 3. The van der Waals surface area contributed by atoms with Crippen molar-refractivity contribution in [1.82, 2.24) is 4.90 Å². The largest absolute Gasteiger partial charge is 0.468 e. The van der Waals surface area contributed by atoms with Gasteiger partial charge in [0.1, 0.15) is 12.5 Å². The highest BCUT2D eigenvalue weighted by atomic mass is 16.6. The molecule has 1 fully saturated rings. The van der Waals surface area contributed by atoms with Gasteiger partial charge in [0.05, 0.1) is 19.2 Å². The monoisotopic (exact) mass is 315 g/mol. The topological polar surface area (TPSA) is 72.9 Å². The molecule has 2 bridgehead atoms. The molecule has 2 heterocycles. The number of Topliss-reactive ketones (excluding diaryl/α,β-unsaturated/α-hetero) is 1. The second-order valence-corrected chi connectivity index (χ2v) is 5.56. The van der Waals surface area contributed by atoms with Crippen molar-refractivity contribution in [3.8, 4) is 0 Å². The van der Waals surface area contributed by atoms with Gasteiger partial charge in [-0.15, -0.1) is 0 Å². The summed E-state index contributed by atoms with van der Waals surface area (Å²) in [7, 11) is 1.23. The van der Waals surface area contributed by atoms with Crippen LogP contribution in [0.4, 0.5) is 4.79 Å². The summed E-state index contributed by atoms with van der Waals surface area (Å²) in [6.45, 7) is 0.145. The van der Waals surface area contributed by atoms with Gasteiger partial charge in [0.2, 0.25) is 0 Å². The van der Waals surface area contributed by atoms with Crippen molar-refractivity contribution >= 4 is 17.8 Å². The molecule has 0 spiro atoms. The van der Waals surface area contributed by atoms with E-state index < -0.39 is 24.0 Å². The first-order chi connectivity index (χ1) is 11.1. The molecule has 6 heteroatoms. The highest BCUT2D eigenvalue weighted by molar-refractivity contribution is 6.02. The van der Waals surface area contributed by atoms with Gasteiger partial charge in [0.25, 0.3) is 0 Å². The lowest BCUT2D eigenvalue weighted by atomic mass is 9.88. The zero-order chi connectivity index (χ0) is 16.4. The highest BCUT2D eigenvalue weighted by Crippen LogP contribution is 2.33.